The largest absolute Gasteiger partial charge is 0.437 e. The standard InChI is InChI=1S/C22H22N4O2S/c23-22-26(18-3-1-2-4-19(18)29-22)16-5-7-17(8-6-16)28-21-20(24-11-12-25-21)15-9-13-27-14-10-15/h1-8,11-12,15,22H,9-10,13-14,23H2. The molecule has 2 aromatic carbocycles. The normalized spacial score (nSPS) is 19.2. The molecule has 1 fully saturated rings. The SMILES string of the molecule is NC1Sc2ccccc2N1c1ccc(Oc2nccnc2C2CCOCC2)cc1. The van der Waals surface area contributed by atoms with Crippen LogP contribution in [0.5, 0.6) is 11.6 Å². The highest BCUT2D eigenvalue weighted by atomic mass is 32.2. The summed E-state index contributed by atoms with van der Waals surface area (Å²) in [5.74, 6) is 1.63. The van der Waals surface area contributed by atoms with Gasteiger partial charge in [0.15, 0.2) is 0 Å². The number of rotatable bonds is 4. The van der Waals surface area contributed by atoms with Crippen LogP contribution in [0.3, 0.4) is 0 Å². The fraction of sp³-hybridized carbons (Fsp3) is 0.273. The van der Waals surface area contributed by atoms with Crippen LogP contribution in [0.4, 0.5) is 11.4 Å². The van der Waals surface area contributed by atoms with Gasteiger partial charge in [-0.2, -0.15) is 0 Å². The van der Waals surface area contributed by atoms with Gasteiger partial charge < -0.3 is 20.1 Å². The number of para-hydroxylation sites is 1. The van der Waals surface area contributed by atoms with Crippen LogP contribution in [-0.2, 0) is 4.74 Å². The van der Waals surface area contributed by atoms with Crippen LogP contribution < -0.4 is 15.4 Å². The molecular formula is C22H22N4O2S. The van der Waals surface area contributed by atoms with Gasteiger partial charge in [-0.05, 0) is 49.2 Å². The summed E-state index contributed by atoms with van der Waals surface area (Å²) in [6.07, 6.45) is 5.28. The van der Waals surface area contributed by atoms with Crippen LogP contribution in [-0.4, -0.2) is 28.7 Å². The van der Waals surface area contributed by atoms with Crippen molar-refractivity contribution < 1.29 is 9.47 Å². The number of aromatic nitrogens is 2. The van der Waals surface area contributed by atoms with Crippen molar-refractivity contribution in [2.24, 2.45) is 5.73 Å². The molecule has 29 heavy (non-hydrogen) atoms. The monoisotopic (exact) mass is 406 g/mol. The minimum Gasteiger partial charge on any atom is -0.437 e. The number of fused-ring (bicyclic) bond motifs is 1. The van der Waals surface area contributed by atoms with Crippen molar-refractivity contribution >= 4 is 23.1 Å². The average molecular weight is 407 g/mol. The third-order valence-electron chi connectivity index (χ3n) is 5.26. The number of hydrogen-bond acceptors (Lipinski definition) is 7. The van der Waals surface area contributed by atoms with Crippen molar-refractivity contribution in [3.05, 3.63) is 66.6 Å². The summed E-state index contributed by atoms with van der Waals surface area (Å²) in [5.41, 5.74) is 9.29. The Bertz CT molecular complexity index is 992. The van der Waals surface area contributed by atoms with Crippen LogP contribution in [0.1, 0.15) is 24.5 Å². The van der Waals surface area contributed by atoms with E-state index in [0.717, 1.165) is 48.9 Å². The molecule has 1 unspecified atom stereocenters. The lowest BCUT2D eigenvalue weighted by Crippen LogP contribution is -2.31. The third-order valence-corrected chi connectivity index (χ3v) is 6.31. The molecule has 1 aromatic heterocycles. The molecule has 2 aliphatic heterocycles. The number of benzene rings is 2. The van der Waals surface area contributed by atoms with E-state index in [1.165, 1.54) is 4.90 Å². The Hall–Kier alpha value is -2.61. The molecule has 7 heteroatoms. The Morgan fingerprint density at radius 2 is 1.76 bits per heavy atom. The van der Waals surface area contributed by atoms with Gasteiger partial charge in [0, 0.05) is 42.1 Å². The highest BCUT2D eigenvalue weighted by Gasteiger charge is 2.28. The van der Waals surface area contributed by atoms with E-state index in [1.54, 1.807) is 24.2 Å². The summed E-state index contributed by atoms with van der Waals surface area (Å²) in [7, 11) is 0. The summed E-state index contributed by atoms with van der Waals surface area (Å²) in [6.45, 7) is 1.51. The first-order valence-electron chi connectivity index (χ1n) is 9.77. The van der Waals surface area contributed by atoms with Crippen LogP contribution in [0, 0.1) is 0 Å². The van der Waals surface area contributed by atoms with E-state index < -0.39 is 0 Å². The van der Waals surface area contributed by atoms with Gasteiger partial charge in [0.25, 0.3) is 0 Å². The topological polar surface area (TPSA) is 73.5 Å². The molecule has 0 saturated carbocycles. The van der Waals surface area contributed by atoms with Gasteiger partial charge in [0.2, 0.25) is 5.88 Å². The number of hydrogen-bond donors (Lipinski definition) is 1. The van der Waals surface area contributed by atoms with E-state index in [4.69, 9.17) is 15.2 Å². The average Bonchev–Trinajstić information content (AvgIpc) is 3.11. The van der Waals surface area contributed by atoms with E-state index >= 15 is 0 Å². The first kappa shape index (κ1) is 18.4. The molecule has 0 radical (unpaired) electrons. The zero-order chi connectivity index (χ0) is 19.6. The maximum atomic E-state index is 6.35. The van der Waals surface area contributed by atoms with Crippen molar-refractivity contribution in [3.8, 4) is 11.6 Å². The lowest BCUT2D eigenvalue weighted by molar-refractivity contribution is 0.0839. The summed E-state index contributed by atoms with van der Waals surface area (Å²) in [6, 6.07) is 16.2. The van der Waals surface area contributed by atoms with Gasteiger partial charge in [0.05, 0.1) is 5.69 Å². The first-order chi connectivity index (χ1) is 14.3. The van der Waals surface area contributed by atoms with Crippen molar-refractivity contribution in [1.29, 1.82) is 0 Å². The van der Waals surface area contributed by atoms with E-state index in [2.05, 4.69) is 27.0 Å². The Morgan fingerprint density at radius 3 is 2.59 bits per heavy atom. The zero-order valence-corrected chi connectivity index (χ0v) is 16.7. The zero-order valence-electron chi connectivity index (χ0n) is 15.9. The summed E-state index contributed by atoms with van der Waals surface area (Å²) < 4.78 is 11.6. The molecule has 1 saturated heterocycles. The minimum absolute atomic E-state index is 0.140. The lowest BCUT2D eigenvalue weighted by Gasteiger charge is -2.24. The number of nitrogens with two attached hydrogens (primary N) is 1. The molecule has 5 rings (SSSR count). The first-order valence-corrected chi connectivity index (χ1v) is 10.6. The maximum absolute atomic E-state index is 6.35. The van der Waals surface area contributed by atoms with Crippen molar-refractivity contribution in [3.63, 3.8) is 0 Å². The highest BCUT2D eigenvalue weighted by Crippen LogP contribution is 2.45. The molecule has 0 spiro atoms. The molecular weight excluding hydrogens is 384 g/mol. The van der Waals surface area contributed by atoms with Crippen LogP contribution in [0.25, 0.3) is 0 Å². The third kappa shape index (κ3) is 3.69. The molecule has 2 aliphatic rings. The second-order valence-electron chi connectivity index (χ2n) is 7.08. The molecule has 148 valence electrons. The smallest absolute Gasteiger partial charge is 0.241 e. The van der Waals surface area contributed by atoms with Gasteiger partial charge in [-0.3, -0.25) is 4.98 Å². The molecule has 3 aromatic rings. The van der Waals surface area contributed by atoms with E-state index in [9.17, 15) is 0 Å². The molecule has 1 atom stereocenters. The van der Waals surface area contributed by atoms with Crippen molar-refractivity contribution in [2.75, 3.05) is 18.1 Å². The molecule has 6 nitrogen and oxygen atoms in total. The molecule has 0 bridgehead atoms. The molecule has 0 aliphatic carbocycles. The van der Waals surface area contributed by atoms with Gasteiger partial charge in [-0.15, -0.1) is 0 Å². The van der Waals surface area contributed by atoms with Crippen LogP contribution in [0.2, 0.25) is 0 Å². The molecule has 2 N–H and O–H groups in total. The van der Waals surface area contributed by atoms with E-state index in [0.29, 0.717) is 11.8 Å². The summed E-state index contributed by atoms with van der Waals surface area (Å²) in [5, 5.41) is 0. The molecule has 3 heterocycles. The minimum atomic E-state index is -0.140. The Balaban J connectivity index is 1.37. The fourth-order valence-corrected chi connectivity index (χ4v) is 4.86. The number of nitrogens with zero attached hydrogens (tertiary/aromatic N) is 3. The number of ether oxygens (including phenoxy) is 2. The quantitative estimate of drug-likeness (QED) is 0.676. The van der Waals surface area contributed by atoms with Gasteiger partial charge in [0.1, 0.15) is 16.9 Å². The molecule has 0 amide bonds. The Morgan fingerprint density at radius 1 is 1.00 bits per heavy atom. The fourth-order valence-electron chi connectivity index (χ4n) is 3.81. The number of thioether (sulfide) groups is 1. The van der Waals surface area contributed by atoms with Crippen molar-refractivity contribution in [2.45, 2.75) is 29.2 Å². The van der Waals surface area contributed by atoms with Gasteiger partial charge in [-0.1, -0.05) is 23.9 Å². The van der Waals surface area contributed by atoms with Gasteiger partial charge in [-0.25, -0.2) is 4.98 Å². The maximum Gasteiger partial charge on any atom is 0.241 e. The second-order valence-corrected chi connectivity index (χ2v) is 8.23. The van der Waals surface area contributed by atoms with Crippen LogP contribution >= 0.6 is 11.8 Å². The predicted octanol–water partition coefficient (Wildman–Crippen LogP) is 4.65. The Labute approximate surface area is 174 Å². The lowest BCUT2D eigenvalue weighted by atomic mass is 9.96. The van der Waals surface area contributed by atoms with Gasteiger partial charge >= 0.3 is 0 Å². The Kier molecular flexibility index (Phi) is 5.10. The van der Waals surface area contributed by atoms with E-state index in [-0.39, 0.29) is 5.50 Å². The van der Waals surface area contributed by atoms with Crippen LogP contribution in [0.15, 0.2) is 65.8 Å². The predicted molar refractivity (Wildman–Crippen MR) is 114 cm³/mol. The van der Waals surface area contributed by atoms with E-state index in [1.807, 2.05) is 36.4 Å². The van der Waals surface area contributed by atoms with Crippen molar-refractivity contribution in [1.82, 2.24) is 9.97 Å². The number of anilines is 2. The summed E-state index contributed by atoms with van der Waals surface area (Å²) in [4.78, 5) is 12.3. The second kappa shape index (κ2) is 8.02. The summed E-state index contributed by atoms with van der Waals surface area (Å²) >= 11 is 1.66. The highest BCUT2D eigenvalue weighted by molar-refractivity contribution is 8.00.